The van der Waals surface area contributed by atoms with Gasteiger partial charge in [-0.05, 0) is 28.7 Å². The fourth-order valence-corrected chi connectivity index (χ4v) is 4.07. The molecule has 168 valence electrons. The molecule has 1 fully saturated rings. The molecule has 0 aliphatic carbocycles. The first-order valence-electron chi connectivity index (χ1n) is 11.4. The predicted molar refractivity (Wildman–Crippen MR) is 128 cm³/mol. The Morgan fingerprint density at radius 2 is 1.55 bits per heavy atom. The quantitative estimate of drug-likeness (QED) is 0.488. The topological polar surface area (TPSA) is 66.5 Å². The van der Waals surface area contributed by atoms with Crippen LogP contribution < -0.4 is 5.32 Å². The van der Waals surface area contributed by atoms with Gasteiger partial charge in [0.1, 0.15) is 0 Å². The molecule has 3 aromatic rings. The minimum atomic E-state index is -0.149. The summed E-state index contributed by atoms with van der Waals surface area (Å²) in [7, 11) is 0. The van der Waals surface area contributed by atoms with Crippen molar-refractivity contribution in [2.45, 2.75) is 38.8 Å². The number of carbonyl (C=O) groups is 3. The molecule has 1 saturated heterocycles. The Morgan fingerprint density at radius 1 is 0.818 bits per heavy atom. The summed E-state index contributed by atoms with van der Waals surface area (Å²) in [5.74, 6) is 0.0134. The third-order valence-electron chi connectivity index (χ3n) is 5.92. The van der Waals surface area contributed by atoms with E-state index in [1.54, 1.807) is 0 Å². The van der Waals surface area contributed by atoms with Crippen molar-refractivity contribution in [1.29, 1.82) is 0 Å². The van der Waals surface area contributed by atoms with Crippen molar-refractivity contribution >= 4 is 17.6 Å². The van der Waals surface area contributed by atoms with Gasteiger partial charge in [0.2, 0.25) is 11.8 Å². The zero-order chi connectivity index (χ0) is 23.0. The highest BCUT2D eigenvalue weighted by Gasteiger charge is 2.20. The monoisotopic (exact) mass is 440 g/mol. The Labute approximate surface area is 194 Å². The first-order chi connectivity index (χ1) is 16.1. The summed E-state index contributed by atoms with van der Waals surface area (Å²) >= 11 is 0. The molecule has 0 unspecified atom stereocenters. The molecule has 5 heteroatoms. The minimum Gasteiger partial charge on any atom is -0.352 e. The number of hydrogen-bond donors (Lipinski definition) is 1. The molecule has 0 atom stereocenters. The second kappa shape index (κ2) is 10.7. The number of rotatable bonds is 9. The fourth-order valence-electron chi connectivity index (χ4n) is 4.07. The average Bonchev–Trinajstić information content (AvgIpc) is 3.26. The van der Waals surface area contributed by atoms with Gasteiger partial charge in [-0.15, -0.1) is 0 Å². The van der Waals surface area contributed by atoms with Crippen molar-refractivity contribution in [3.8, 4) is 11.1 Å². The Bertz CT molecular complexity index is 1120. The van der Waals surface area contributed by atoms with E-state index in [0.29, 0.717) is 25.1 Å². The number of carbonyl (C=O) groups excluding carboxylic acids is 3. The summed E-state index contributed by atoms with van der Waals surface area (Å²) in [5, 5.41) is 2.89. The molecule has 0 aromatic heterocycles. The van der Waals surface area contributed by atoms with Crippen molar-refractivity contribution in [1.82, 2.24) is 10.2 Å². The summed E-state index contributed by atoms with van der Waals surface area (Å²) in [6.07, 6.45) is 1.88. The van der Waals surface area contributed by atoms with E-state index < -0.39 is 0 Å². The lowest BCUT2D eigenvalue weighted by Gasteiger charge is -2.16. The van der Waals surface area contributed by atoms with Crippen LogP contribution in [0.2, 0.25) is 0 Å². The van der Waals surface area contributed by atoms with Crippen LogP contribution in [0.1, 0.15) is 47.2 Å². The Kier molecular flexibility index (Phi) is 7.30. The lowest BCUT2D eigenvalue weighted by Crippen LogP contribution is -2.25. The van der Waals surface area contributed by atoms with Gasteiger partial charge in [0, 0.05) is 44.5 Å². The number of hydrogen-bond acceptors (Lipinski definition) is 3. The molecular weight excluding hydrogens is 412 g/mol. The molecule has 4 rings (SSSR count). The maximum atomic E-state index is 12.5. The Morgan fingerprint density at radius 3 is 2.27 bits per heavy atom. The van der Waals surface area contributed by atoms with Crippen LogP contribution in [0.15, 0.2) is 78.9 Å². The van der Waals surface area contributed by atoms with Crippen LogP contribution in [-0.4, -0.2) is 29.0 Å². The summed E-state index contributed by atoms with van der Waals surface area (Å²) in [5.41, 5.74) is 4.82. The van der Waals surface area contributed by atoms with Gasteiger partial charge in [0.15, 0.2) is 5.78 Å². The average molecular weight is 441 g/mol. The van der Waals surface area contributed by atoms with Crippen molar-refractivity contribution in [2.24, 2.45) is 0 Å². The van der Waals surface area contributed by atoms with E-state index in [1.807, 2.05) is 83.8 Å². The molecule has 1 heterocycles. The number of benzene rings is 3. The number of nitrogens with one attached hydrogen (secondary N) is 1. The van der Waals surface area contributed by atoms with Gasteiger partial charge in [-0.1, -0.05) is 78.9 Å². The standard InChI is InChI=1S/C28H28N2O3/c31-26(25-13-11-24(12-14-25)23-8-2-1-3-9-23)15-16-27(32)29-19-21-6-4-7-22(18-21)20-30-17-5-10-28(30)33/h1-4,6-9,11-14,18H,5,10,15-17,19-20H2,(H,29,32). The molecule has 33 heavy (non-hydrogen) atoms. The van der Waals surface area contributed by atoms with Gasteiger partial charge < -0.3 is 10.2 Å². The zero-order valence-corrected chi connectivity index (χ0v) is 18.6. The van der Waals surface area contributed by atoms with Gasteiger partial charge >= 0.3 is 0 Å². The largest absolute Gasteiger partial charge is 0.352 e. The predicted octanol–water partition coefficient (Wildman–Crippen LogP) is 4.76. The number of ketones is 1. The molecule has 1 N–H and O–H groups in total. The lowest BCUT2D eigenvalue weighted by atomic mass is 10.0. The summed E-state index contributed by atoms with van der Waals surface area (Å²) in [4.78, 5) is 38.5. The van der Waals surface area contributed by atoms with Crippen LogP contribution in [0.3, 0.4) is 0 Å². The van der Waals surface area contributed by atoms with Crippen LogP contribution in [0.4, 0.5) is 0 Å². The summed E-state index contributed by atoms with van der Waals surface area (Å²) in [6.45, 7) is 1.82. The molecule has 3 aromatic carbocycles. The number of Topliss-reactive ketones (excluding diaryl/α,β-unsaturated/α-hetero) is 1. The molecular formula is C28H28N2O3. The first-order valence-corrected chi connectivity index (χ1v) is 11.4. The zero-order valence-electron chi connectivity index (χ0n) is 18.6. The maximum absolute atomic E-state index is 12.5. The van der Waals surface area contributed by atoms with Crippen LogP contribution in [0.25, 0.3) is 11.1 Å². The van der Waals surface area contributed by atoms with Crippen LogP contribution >= 0.6 is 0 Å². The maximum Gasteiger partial charge on any atom is 0.222 e. The van der Waals surface area contributed by atoms with Crippen molar-refractivity contribution in [3.63, 3.8) is 0 Å². The second-order valence-electron chi connectivity index (χ2n) is 8.38. The van der Waals surface area contributed by atoms with Crippen molar-refractivity contribution in [2.75, 3.05) is 6.54 Å². The second-order valence-corrected chi connectivity index (χ2v) is 8.38. The van der Waals surface area contributed by atoms with Crippen LogP contribution in [-0.2, 0) is 22.7 Å². The van der Waals surface area contributed by atoms with E-state index in [2.05, 4.69) is 5.32 Å². The number of amides is 2. The molecule has 0 radical (unpaired) electrons. The molecule has 5 nitrogen and oxygen atoms in total. The fraction of sp³-hybridized carbons (Fsp3) is 0.250. The summed E-state index contributed by atoms with van der Waals surface area (Å²) < 4.78 is 0. The highest BCUT2D eigenvalue weighted by molar-refractivity contribution is 5.98. The van der Waals surface area contributed by atoms with E-state index in [-0.39, 0.29) is 30.4 Å². The van der Waals surface area contributed by atoms with E-state index >= 15 is 0 Å². The molecule has 1 aliphatic rings. The normalized spacial score (nSPS) is 13.2. The third kappa shape index (κ3) is 6.16. The van der Waals surface area contributed by atoms with Crippen molar-refractivity contribution in [3.05, 3.63) is 95.6 Å². The van der Waals surface area contributed by atoms with E-state index in [0.717, 1.165) is 35.2 Å². The van der Waals surface area contributed by atoms with Gasteiger partial charge in [0.05, 0.1) is 0 Å². The first kappa shape index (κ1) is 22.5. The third-order valence-corrected chi connectivity index (χ3v) is 5.92. The van der Waals surface area contributed by atoms with Gasteiger partial charge in [0.25, 0.3) is 0 Å². The molecule has 2 amide bonds. The van der Waals surface area contributed by atoms with Gasteiger partial charge in [-0.3, -0.25) is 14.4 Å². The number of likely N-dealkylation sites (tertiary alicyclic amines) is 1. The molecule has 0 saturated carbocycles. The highest BCUT2D eigenvalue weighted by Crippen LogP contribution is 2.20. The van der Waals surface area contributed by atoms with Gasteiger partial charge in [-0.25, -0.2) is 0 Å². The lowest BCUT2D eigenvalue weighted by molar-refractivity contribution is -0.128. The smallest absolute Gasteiger partial charge is 0.222 e. The Balaban J connectivity index is 1.23. The summed E-state index contributed by atoms with van der Waals surface area (Å²) in [6, 6.07) is 25.4. The molecule has 0 spiro atoms. The van der Waals surface area contributed by atoms with Gasteiger partial charge in [-0.2, -0.15) is 0 Å². The van der Waals surface area contributed by atoms with E-state index in [1.165, 1.54) is 0 Å². The van der Waals surface area contributed by atoms with E-state index in [9.17, 15) is 14.4 Å². The van der Waals surface area contributed by atoms with Crippen LogP contribution in [0, 0.1) is 0 Å². The SMILES string of the molecule is O=C(CCC(=O)c1ccc(-c2ccccc2)cc1)NCc1cccc(CN2CCCC2=O)c1. The molecule has 1 aliphatic heterocycles. The van der Waals surface area contributed by atoms with E-state index in [4.69, 9.17) is 0 Å². The molecule has 0 bridgehead atoms. The number of nitrogens with zero attached hydrogens (tertiary/aromatic N) is 1. The van der Waals surface area contributed by atoms with Crippen LogP contribution in [0.5, 0.6) is 0 Å². The highest BCUT2D eigenvalue weighted by atomic mass is 16.2. The minimum absolute atomic E-state index is 0.0398. The van der Waals surface area contributed by atoms with Crippen molar-refractivity contribution < 1.29 is 14.4 Å². The Hall–Kier alpha value is -3.73.